The van der Waals surface area contributed by atoms with Crippen LogP contribution in [0.15, 0.2) is 36.4 Å². The first kappa shape index (κ1) is 21.9. The van der Waals surface area contributed by atoms with Gasteiger partial charge in [0.1, 0.15) is 12.3 Å². The van der Waals surface area contributed by atoms with Crippen LogP contribution in [0.1, 0.15) is 42.6 Å². The summed E-state index contributed by atoms with van der Waals surface area (Å²) in [6, 6.07) is 9.09. The van der Waals surface area contributed by atoms with E-state index in [0.717, 1.165) is 0 Å². The summed E-state index contributed by atoms with van der Waals surface area (Å²) in [6.45, 7) is 4.78. The summed E-state index contributed by atoms with van der Waals surface area (Å²) in [5.74, 6) is -0.518. The lowest BCUT2D eigenvalue weighted by atomic mass is 10.0. The fourth-order valence-electron chi connectivity index (χ4n) is 3.40. The van der Waals surface area contributed by atoms with Gasteiger partial charge in [0, 0.05) is 29.3 Å². The molecule has 1 atom stereocenters. The molecule has 0 saturated heterocycles. The molecule has 1 aliphatic rings. The van der Waals surface area contributed by atoms with Gasteiger partial charge in [-0.3, -0.25) is 29.4 Å². The van der Waals surface area contributed by atoms with E-state index in [2.05, 4.69) is 5.32 Å². The van der Waals surface area contributed by atoms with Crippen molar-refractivity contribution in [1.29, 1.82) is 0 Å². The van der Waals surface area contributed by atoms with Crippen LogP contribution in [-0.2, 0) is 9.59 Å². The highest BCUT2D eigenvalue weighted by molar-refractivity contribution is 6.07. The molecule has 0 spiro atoms. The Balaban J connectivity index is 1.83. The number of carbonyl (C=O) groups excluding carboxylic acids is 3. The smallest absolute Gasteiger partial charge is 0.272 e. The van der Waals surface area contributed by atoms with Crippen LogP contribution in [0.4, 0.5) is 17.1 Å². The molecule has 1 N–H and O–H groups in total. The Labute approximate surface area is 179 Å². The van der Waals surface area contributed by atoms with Gasteiger partial charge in [0.2, 0.25) is 5.91 Å². The molecule has 0 bridgehead atoms. The van der Waals surface area contributed by atoms with Crippen molar-refractivity contribution < 1.29 is 24.0 Å². The zero-order valence-corrected chi connectivity index (χ0v) is 17.5. The van der Waals surface area contributed by atoms with E-state index in [1.54, 1.807) is 32.0 Å². The third-order valence-corrected chi connectivity index (χ3v) is 4.95. The van der Waals surface area contributed by atoms with Gasteiger partial charge in [-0.15, -0.1) is 0 Å². The van der Waals surface area contributed by atoms with Crippen molar-refractivity contribution in [1.82, 2.24) is 0 Å². The molecule has 162 valence electrons. The molecule has 2 aromatic rings. The number of rotatable bonds is 7. The minimum atomic E-state index is -0.779. The maximum Gasteiger partial charge on any atom is 0.272 e. The second-order valence-electron chi connectivity index (χ2n) is 7.35. The average molecular weight is 425 g/mol. The molecule has 2 amide bonds. The number of nitro benzene ring substituents is 1. The Kier molecular flexibility index (Phi) is 6.33. The highest BCUT2D eigenvalue weighted by Gasteiger charge is 2.33. The van der Waals surface area contributed by atoms with Gasteiger partial charge < -0.3 is 10.1 Å². The van der Waals surface area contributed by atoms with Gasteiger partial charge in [-0.2, -0.15) is 0 Å². The van der Waals surface area contributed by atoms with Crippen LogP contribution in [-0.4, -0.2) is 35.2 Å². The minimum absolute atomic E-state index is 0.0478. The number of benzene rings is 2. The van der Waals surface area contributed by atoms with Crippen LogP contribution in [0.2, 0.25) is 0 Å². The maximum atomic E-state index is 12.7. The van der Waals surface area contributed by atoms with Gasteiger partial charge >= 0.3 is 0 Å². The number of ether oxygens (including phenoxy) is 1. The lowest BCUT2D eigenvalue weighted by Gasteiger charge is -2.32. The number of anilines is 2. The summed E-state index contributed by atoms with van der Waals surface area (Å²) in [5, 5.41) is 13.6. The first-order valence-corrected chi connectivity index (χ1v) is 9.91. The SMILES string of the molecule is CCCC(=O)c1ccc2c(c1)N(CC(=O)Nc1ccc([N+](=O)[O-])c(C)c1)C(=O)C(C)O2. The molecule has 9 nitrogen and oxygen atoms in total. The lowest BCUT2D eigenvalue weighted by Crippen LogP contribution is -2.47. The van der Waals surface area contributed by atoms with E-state index in [4.69, 9.17) is 4.74 Å². The number of aryl methyl sites for hydroxylation is 1. The number of amides is 2. The Bertz CT molecular complexity index is 1070. The lowest BCUT2D eigenvalue weighted by molar-refractivity contribution is -0.385. The predicted molar refractivity (Wildman–Crippen MR) is 115 cm³/mol. The quantitative estimate of drug-likeness (QED) is 0.411. The van der Waals surface area contributed by atoms with E-state index < -0.39 is 22.8 Å². The fourth-order valence-corrected chi connectivity index (χ4v) is 3.40. The van der Waals surface area contributed by atoms with Crippen molar-refractivity contribution in [3.8, 4) is 5.75 Å². The van der Waals surface area contributed by atoms with Crippen LogP contribution >= 0.6 is 0 Å². The van der Waals surface area contributed by atoms with Gasteiger partial charge in [0.15, 0.2) is 11.9 Å². The van der Waals surface area contributed by atoms with E-state index >= 15 is 0 Å². The monoisotopic (exact) mass is 425 g/mol. The topological polar surface area (TPSA) is 119 Å². The number of nitro groups is 1. The number of carbonyl (C=O) groups is 3. The van der Waals surface area contributed by atoms with E-state index in [9.17, 15) is 24.5 Å². The fraction of sp³-hybridized carbons (Fsp3) is 0.318. The summed E-state index contributed by atoms with van der Waals surface area (Å²) in [5.41, 5.74) is 1.55. The molecule has 0 radical (unpaired) electrons. The Morgan fingerprint density at radius 3 is 2.61 bits per heavy atom. The molecule has 9 heteroatoms. The summed E-state index contributed by atoms with van der Waals surface area (Å²) in [7, 11) is 0. The normalized spacial score (nSPS) is 15.1. The van der Waals surface area contributed by atoms with Crippen LogP contribution < -0.4 is 15.0 Å². The summed E-state index contributed by atoms with van der Waals surface area (Å²) in [6.07, 6.45) is 0.298. The number of hydrogen-bond acceptors (Lipinski definition) is 6. The molecule has 31 heavy (non-hydrogen) atoms. The Hall–Kier alpha value is -3.75. The van der Waals surface area contributed by atoms with E-state index in [-0.39, 0.29) is 18.0 Å². The molecule has 2 aromatic carbocycles. The molecular formula is C22H23N3O6. The van der Waals surface area contributed by atoms with Crippen LogP contribution in [0.25, 0.3) is 0 Å². The minimum Gasteiger partial charge on any atom is -0.479 e. The molecule has 3 rings (SSSR count). The summed E-state index contributed by atoms with van der Waals surface area (Å²) >= 11 is 0. The largest absolute Gasteiger partial charge is 0.479 e. The van der Waals surface area contributed by atoms with Crippen molar-refractivity contribution in [2.45, 2.75) is 39.7 Å². The van der Waals surface area contributed by atoms with Crippen LogP contribution in [0, 0.1) is 17.0 Å². The van der Waals surface area contributed by atoms with Crippen molar-refractivity contribution in [3.05, 3.63) is 57.6 Å². The predicted octanol–water partition coefficient (Wildman–Crippen LogP) is 3.64. The number of hydrogen-bond donors (Lipinski definition) is 1. The molecule has 0 aliphatic carbocycles. The standard InChI is InChI=1S/C22H23N3O6/c1-4-5-19(26)15-6-9-20-18(11-15)24(22(28)14(3)31-20)12-21(27)23-16-7-8-17(25(29)30)13(2)10-16/h6-11,14H,4-5,12H2,1-3H3,(H,23,27). The van der Waals surface area contributed by atoms with Gasteiger partial charge in [-0.05, 0) is 50.6 Å². The number of Topliss-reactive ketones (excluding diaryl/α,β-unsaturated/α-hetero) is 1. The van der Waals surface area contributed by atoms with Crippen molar-refractivity contribution in [3.63, 3.8) is 0 Å². The molecule has 1 aliphatic heterocycles. The maximum absolute atomic E-state index is 12.7. The highest BCUT2D eigenvalue weighted by atomic mass is 16.6. The molecule has 0 aromatic heterocycles. The number of nitrogens with zero attached hydrogens (tertiary/aromatic N) is 2. The van der Waals surface area contributed by atoms with E-state index in [1.165, 1.54) is 23.1 Å². The summed E-state index contributed by atoms with van der Waals surface area (Å²) < 4.78 is 5.62. The molecular weight excluding hydrogens is 402 g/mol. The number of fused-ring (bicyclic) bond motifs is 1. The molecule has 0 fully saturated rings. The number of nitrogens with one attached hydrogen (secondary N) is 1. The number of ketones is 1. The first-order valence-electron chi connectivity index (χ1n) is 9.91. The van der Waals surface area contributed by atoms with Crippen molar-refractivity contribution in [2.24, 2.45) is 0 Å². The van der Waals surface area contributed by atoms with Gasteiger partial charge in [0.25, 0.3) is 11.6 Å². The van der Waals surface area contributed by atoms with Gasteiger partial charge in [-0.1, -0.05) is 6.92 Å². The van der Waals surface area contributed by atoms with Crippen LogP contribution in [0.3, 0.4) is 0 Å². The van der Waals surface area contributed by atoms with E-state index in [1.807, 2.05) is 6.92 Å². The van der Waals surface area contributed by atoms with Crippen LogP contribution in [0.5, 0.6) is 5.75 Å². The Morgan fingerprint density at radius 2 is 1.97 bits per heavy atom. The zero-order chi connectivity index (χ0) is 22.7. The zero-order valence-electron chi connectivity index (χ0n) is 17.5. The molecule has 1 unspecified atom stereocenters. The van der Waals surface area contributed by atoms with E-state index in [0.29, 0.717) is 41.1 Å². The summed E-state index contributed by atoms with van der Waals surface area (Å²) in [4.78, 5) is 49.4. The van der Waals surface area contributed by atoms with Crippen molar-refractivity contribution >= 4 is 34.7 Å². The average Bonchev–Trinajstić information content (AvgIpc) is 2.71. The van der Waals surface area contributed by atoms with Crippen molar-refractivity contribution in [2.75, 3.05) is 16.8 Å². The first-order chi connectivity index (χ1) is 14.7. The third-order valence-electron chi connectivity index (χ3n) is 4.95. The second-order valence-corrected chi connectivity index (χ2v) is 7.35. The Morgan fingerprint density at radius 1 is 1.23 bits per heavy atom. The molecule has 0 saturated carbocycles. The highest BCUT2D eigenvalue weighted by Crippen LogP contribution is 2.35. The van der Waals surface area contributed by atoms with Gasteiger partial charge in [0.05, 0.1) is 10.6 Å². The van der Waals surface area contributed by atoms with Gasteiger partial charge in [-0.25, -0.2) is 0 Å². The third kappa shape index (κ3) is 4.71. The molecule has 1 heterocycles. The second kappa shape index (κ2) is 8.95.